The van der Waals surface area contributed by atoms with Gasteiger partial charge in [-0.2, -0.15) is 0 Å². The molecule has 0 aliphatic carbocycles. The Balaban J connectivity index is 3.44. The average molecular weight is 373 g/mol. The summed E-state index contributed by atoms with van der Waals surface area (Å²) in [5.74, 6) is -9.38. The number of aliphatic carboxylic acids is 3. The van der Waals surface area contributed by atoms with Gasteiger partial charge in [-0.15, -0.1) is 5.06 Å². The van der Waals surface area contributed by atoms with E-state index in [9.17, 15) is 34.5 Å². The summed E-state index contributed by atoms with van der Waals surface area (Å²) >= 11 is 0. The van der Waals surface area contributed by atoms with Crippen molar-refractivity contribution in [3.05, 3.63) is 0 Å². The van der Waals surface area contributed by atoms with Crippen LogP contribution in [0.4, 0.5) is 0 Å². The Labute approximate surface area is 151 Å². The summed E-state index contributed by atoms with van der Waals surface area (Å²) in [5, 5.41) is 29.7. The molecular weight excluding hydrogens is 346 g/mol. The molecule has 1 atom stereocenters. The minimum atomic E-state index is -3.23. The van der Waals surface area contributed by atoms with Gasteiger partial charge in [0.25, 0.3) is 5.41 Å². The first-order valence-electron chi connectivity index (χ1n) is 8.47. The second kappa shape index (κ2) is 7.22. The molecule has 0 amide bonds. The zero-order valence-corrected chi connectivity index (χ0v) is 15.7. The molecule has 26 heavy (non-hydrogen) atoms. The summed E-state index contributed by atoms with van der Waals surface area (Å²) in [5.41, 5.74) is -4.56. The molecule has 1 fully saturated rings. The van der Waals surface area contributed by atoms with Gasteiger partial charge in [-0.05, 0) is 53.4 Å². The molecule has 0 spiro atoms. The van der Waals surface area contributed by atoms with Crippen molar-refractivity contribution in [1.29, 1.82) is 0 Å². The van der Waals surface area contributed by atoms with E-state index in [1.54, 1.807) is 27.7 Å². The van der Waals surface area contributed by atoms with Crippen LogP contribution in [0.25, 0.3) is 0 Å². The van der Waals surface area contributed by atoms with E-state index in [1.807, 2.05) is 0 Å². The second-order valence-electron chi connectivity index (χ2n) is 7.87. The molecule has 9 heteroatoms. The number of hydrogen-bond acceptors (Lipinski definition) is 6. The number of piperidine rings is 1. The minimum Gasteiger partial charge on any atom is -0.481 e. The van der Waals surface area contributed by atoms with Crippen molar-refractivity contribution in [2.24, 2.45) is 11.3 Å². The van der Waals surface area contributed by atoms with Crippen LogP contribution in [0.2, 0.25) is 0 Å². The van der Waals surface area contributed by atoms with Crippen LogP contribution < -0.4 is 0 Å². The van der Waals surface area contributed by atoms with Crippen LogP contribution in [0, 0.1) is 11.3 Å². The number of carboxylic acid groups (broad SMARTS) is 3. The van der Waals surface area contributed by atoms with E-state index < -0.39 is 46.3 Å². The first-order chi connectivity index (χ1) is 11.7. The summed E-state index contributed by atoms with van der Waals surface area (Å²) in [6.45, 7) is 8.47. The monoisotopic (exact) mass is 373 g/mol. The smallest absolute Gasteiger partial charge is 0.355 e. The summed E-state index contributed by atoms with van der Waals surface area (Å²) in [4.78, 5) is 53.2. The zero-order valence-electron chi connectivity index (χ0n) is 15.7. The molecular formula is C17H27NO8. The van der Waals surface area contributed by atoms with E-state index in [2.05, 4.69) is 0 Å². The lowest BCUT2D eigenvalue weighted by Gasteiger charge is -2.50. The van der Waals surface area contributed by atoms with Crippen molar-refractivity contribution in [3.63, 3.8) is 0 Å². The van der Waals surface area contributed by atoms with Gasteiger partial charge in [0.1, 0.15) is 0 Å². The van der Waals surface area contributed by atoms with Crippen molar-refractivity contribution in [2.75, 3.05) is 0 Å². The highest BCUT2D eigenvalue weighted by molar-refractivity contribution is 6.19. The van der Waals surface area contributed by atoms with Gasteiger partial charge in [0, 0.05) is 0 Å². The molecule has 3 N–H and O–H groups in total. The minimum absolute atomic E-state index is 0.365. The van der Waals surface area contributed by atoms with Crippen LogP contribution in [0.15, 0.2) is 0 Å². The molecule has 0 bridgehead atoms. The van der Waals surface area contributed by atoms with Crippen LogP contribution in [0.5, 0.6) is 0 Å². The molecule has 1 saturated heterocycles. The Kier molecular flexibility index (Phi) is 6.08. The molecule has 0 saturated carbocycles. The number of hydrogen-bond donors (Lipinski definition) is 3. The summed E-state index contributed by atoms with van der Waals surface area (Å²) < 4.78 is 0. The van der Waals surface area contributed by atoms with Gasteiger partial charge < -0.3 is 20.2 Å². The fourth-order valence-corrected chi connectivity index (χ4v) is 3.75. The highest BCUT2D eigenvalue weighted by Crippen LogP contribution is 2.41. The van der Waals surface area contributed by atoms with Crippen LogP contribution in [0.3, 0.4) is 0 Å². The molecule has 1 aliphatic heterocycles. The van der Waals surface area contributed by atoms with Crippen molar-refractivity contribution >= 4 is 23.9 Å². The van der Waals surface area contributed by atoms with Crippen LogP contribution in [0.1, 0.15) is 60.3 Å². The second-order valence-corrected chi connectivity index (χ2v) is 7.87. The van der Waals surface area contributed by atoms with Crippen molar-refractivity contribution < 1.29 is 39.3 Å². The lowest BCUT2D eigenvalue weighted by atomic mass is 9.73. The maximum Gasteiger partial charge on any atom is 0.355 e. The first-order valence-corrected chi connectivity index (χ1v) is 8.47. The predicted molar refractivity (Wildman–Crippen MR) is 89.1 cm³/mol. The third kappa shape index (κ3) is 3.53. The van der Waals surface area contributed by atoms with E-state index >= 15 is 0 Å². The molecule has 1 aliphatic rings. The zero-order chi connectivity index (χ0) is 20.5. The summed E-state index contributed by atoms with van der Waals surface area (Å²) in [6.07, 6.45) is 1.78. The van der Waals surface area contributed by atoms with Gasteiger partial charge in [-0.3, -0.25) is 14.4 Å². The van der Waals surface area contributed by atoms with Gasteiger partial charge in [-0.1, -0.05) is 6.92 Å². The van der Waals surface area contributed by atoms with E-state index in [-0.39, 0.29) is 6.42 Å². The lowest BCUT2D eigenvalue weighted by molar-refractivity contribution is -0.274. The predicted octanol–water partition coefficient (Wildman–Crippen LogP) is 1.75. The fraction of sp³-hybridized carbons (Fsp3) is 0.765. The van der Waals surface area contributed by atoms with Crippen molar-refractivity contribution in [1.82, 2.24) is 5.06 Å². The van der Waals surface area contributed by atoms with Gasteiger partial charge in [-0.25, -0.2) is 4.79 Å². The van der Waals surface area contributed by atoms with Crippen LogP contribution in [-0.2, 0) is 24.0 Å². The third-order valence-corrected chi connectivity index (χ3v) is 5.08. The van der Waals surface area contributed by atoms with Gasteiger partial charge in [0.15, 0.2) is 0 Å². The number of rotatable bonds is 7. The lowest BCUT2D eigenvalue weighted by Crippen LogP contribution is -2.62. The maximum atomic E-state index is 12.8. The number of hydroxylamine groups is 2. The molecule has 1 unspecified atom stereocenters. The maximum absolute atomic E-state index is 12.8. The number of carboxylic acids is 3. The Bertz CT molecular complexity index is 580. The van der Waals surface area contributed by atoms with Gasteiger partial charge in [0.2, 0.25) is 0 Å². The Morgan fingerprint density at radius 2 is 1.42 bits per heavy atom. The first kappa shape index (κ1) is 21.9. The normalized spacial score (nSPS) is 20.8. The largest absolute Gasteiger partial charge is 0.481 e. The Morgan fingerprint density at radius 1 is 1.00 bits per heavy atom. The highest BCUT2D eigenvalue weighted by atomic mass is 16.7. The standard InChI is InChI=1S/C17H27NO8/c1-6-10(11(19)20)17(12(21)22,13(23)24)14(25)26-18-15(2,3)8-7-9-16(18,4)5/h10H,6-9H2,1-5H3,(H,19,20)(H,21,22)(H,23,24). The highest BCUT2D eigenvalue weighted by Gasteiger charge is 2.64. The van der Waals surface area contributed by atoms with E-state index in [0.717, 1.165) is 6.42 Å². The Morgan fingerprint density at radius 3 is 1.73 bits per heavy atom. The summed E-state index contributed by atoms with van der Waals surface area (Å²) in [7, 11) is 0. The molecule has 0 aromatic heterocycles. The number of nitrogens with zero attached hydrogens (tertiary/aromatic N) is 1. The van der Waals surface area contributed by atoms with E-state index in [1.165, 1.54) is 12.0 Å². The quantitative estimate of drug-likeness (QED) is 0.569. The number of carbonyl (C=O) groups is 4. The van der Waals surface area contributed by atoms with Gasteiger partial charge in [0.05, 0.1) is 17.0 Å². The molecule has 1 rings (SSSR count). The molecule has 1 heterocycles. The van der Waals surface area contributed by atoms with E-state index in [4.69, 9.17) is 4.84 Å². The molecule has 0 aromatic carbocycles. The molecule has 0 aromatic rings. The average Bonchev–Trinajstić information content (AvgIpc) is 2.46. The third-order valence-electron chi connectivity index (χ3n) is 5.08. The van der Waals surface area contributed by atoms with Crippen molar-refractivity contribution in [2.45, 2.75) is 71.4 Å². The topological polar surface area (TPSA) is 141 Å². The number of carbonyl (C=O) groups excluding carboxylic acids is 1. The molecule has 148 valence electrons. The molecule has 9 nitrogen and oxygen atoms in total. The van der Waals surface area contributed by atoms with Crippen LogP contribution in [-0.4, -0.2) is 55.3 Å². The van der Waals surface area contributed by atoms with Gasteiger partial charge >= 0.3 is 23.9 Å². The van der Waals surface area contributed by atoms with E-state index in [0.29, 0.717) is 12.8 Å². The SMILES string of the molecule is CCC(C(=O)O)C(C(=O)O)(C(=O)O)C(=O)ON1C(C)(C)CCCC1(C)C. The van der Waals surface area contributed by atoms with Crippen molar-refractivity contribution in [3.8, 4) is 0 Å². The fourth-order valence-electron chi connectivity index (χ4n) is 3.75. The molecule has 0 radical (unpaired) electrons. The summed E-state index contributed by atoms with van der Waals surface area (Å²) in [6, 6.07) is 0. The van der Waals surface area contributed by atoms with Crippen LogP contribution >= 0.6 is 0 Å². The Hall–Kier alpha value is -2.16.